The number of amides is 1. The second-order valence-corrected chi connectivity index (χ2v) is 5.92. The van der Waals surface area contributed by atoms with E-state index >= 15 is 0 Å². The van der Waals surface area contributed by atoms with E-state index in [2.05, 4.69) is 5.32 Å². The van der Waals surface area contributed by atoms with Crippen molar-refractivity contribution in [2.45, 2.75) is 57.2 Å². The van der Waals surface area contributed by atoms with Gasteiger partial charge in [-0.25, -0.2) is 0 Å². The minimum absolute atomic E-state index is 0.0267. The lowest BCUT2D eigenvalue weighted by atomic mass is 9.85. The van der Waals surface area contributed by atoms with Crippen LogP contribution in [0.25, 0.3) is 0 Å². The second-order valence-electron chi connectivity index (χ2n) is 5.92. The standard InChI is InChI=1S/C14H23F3N2O/c15-14(16,17)11-5-4-6-12(9-11)18-10-13(20)19-7-2-1-3-8-19/h11-12,18H,1-10H2. The van der Waals surface area contributed by atoms with Crippen LogP contribution in [0.3, 0.4) is 0 Å². The molecule has 1 saturated heterocycles. The molecule has 0 spiro atoms. The summed E-state index contributed by atoms with van der Waals surface area (Å²) in [7, 11) is 0. The number of nitrogens with one attached hydrogen (secondary N) is 1. The molecule has 6 heteroatoms. The topological polar surface area (TPSA) is 32.3 Å². The molecule has 0 aromatic carbocycles. The number of hydrogen-bond acceptors (Lipinski definition) is 2. The second kappa shape index (κ2) is 6.78. The van der Waals surface area contributed by atoms with Gasteiger partial charge < -0.3 is 10.2 Å². The minimum atomic E-state index is -4.10. The molecule has 1 aliphatic carbocycles. The Morgan fingerprint density at radius 2 is 1.80 bits per heavy atom. The van der Waals surface area contributed by atoms with Crippen LogP contribution in [0.4, 0.5) is 13.2 Å². The molecule has 2 atom stereocenters. The van der Waals surface area contributed by atoms with Gasteiger partial charge in [0.1, 0.15) is 0 Å². The highest BCUT2D eigenvalue weighted by Gasteiger charge is 2.42. The summed E-state index contributed by atoms with van der Waals surface area (Å²) in [6.07, 6.45) is 0.777. The van der Waals surface area contributed by atoms with E-state index in [1.54, 1.807) is 0 Å². The molecule has 0 aromatic rings. The number of hydrogen-bond donors (Lipinski definition) is 1. The van der Waals surface area contributed by atoms with E-state index in [-0.39, 0.29) is 31.3 Å². The van der Waals surface area contributed by atoms with E-state index in [1.165, 1.54) is 0 Å². The Bertz CT molecular complexity index is 327. The smallest absolute Gasteiger partial charge is 0.342 e. The van der Waals surface area contributed by atoms with Crippen molar-refractivity contribution in [1.29, 1.82) is 0 Å². The normalized spacial score (nSPS) is 28.4. The third-order valence-corrected chi connectivity index (χ3v) is 4.39. The molecule has 2 unspecified atom stereocenters. The summed E-state index contributed by atoms with van der Waals surface area (Å²) in [4.78, 5) is 13.8. The van der Waals surface area contributed by atoms with Crippen LogP contribution in [0.5, 0.6) is 0 Å². The van der Waals surface area contributed by atoms with Gasteiger partial charge in [0, 0.05) is 19.1 Å². The summed E-state index contributed by atoms with van der Waals surface area (Å²) >= 11 is 0. The Balaban J connectivity index is 1.74. The fraction of sp³-hybridized carbons (Fsp3) is 0.929. The van der Waals surface area contributed by atoms with Crippen molar-refractivity contribution < 1.29 is 18.0 Å². The monoisotopic (exact) mass is 292 g/mol. The van der Waals surface area contributed by atoms with Gasteiger partial charge in [-0.3, -0.25) is 4.79 Å². The predicted octanol–water partition coefficient (Wildman–Crippen LogP) is 2.71. The number of alkyl halides is 3. The molecular weight excluding hydrogens is 269 g/mol. The number of nitrogens with zero attached hydrogens (tertiary/aromatic N) is 1. The van der Waals surface area contributed by atoms with Gasteiger partial charge >= 0.3 is 6.18 Å². The zero-order chi connectivity index (χ0) is 14.6. The first-order valence-corrected chi connectivity index (χ1v) is 7.54. The van der Waals surface area contributed by atoms with Crippen LogP contribution in [0, 0.1) is 5.92 Å². The molecule has 2 rings (SSSR count). The maximum atomic E-state index is 12.7. The number of halogens is 3. The van der Waals surface area contributed by atoms with E-state index < -0.39 is 12.1 Å². The molecule has 2 fully saturated rings. The van der Waals surface area contributed by atoms with Gasteiger partial charge in [0.15, 0.2) is 0 Å². The molecule has 1 saturated carbocycles. The Morgan fingerprint density at radius 1 is 1.10 bits per heavy atom. The van der Waals surface area contributed by atoms with Crippen molar-refractivity contribution in [2.24, 2.45) is 5.92 Å². The summed E-state index contributed by atoms with van der Waals surface area (Å²) in [5, 5.41) is 3.03. The highest BCUT2D eigenvalue weighted by Crippen LogP contribution is 2.37. The number of carbonyl (C=O) groups excluding carboxylic acids is 1. The molecule has 2 aliphatic rings. The summed E-state index contributed by atoms with van der Waals surface area (Å²) in [5.41, 5.74) is 0. The molecule has 1 heterocycles. The summed E-state index contributed by atoms with van der Waals surface area (Å²) < 4.78 is 38.1. The van der Waals surface area contributed by atoms with E-state index in [9.17, 15) is 18.0 Å². The molecule has 3 nitrogen and oxygen atoms in total. The highest BCUT2D eigenvalue weighted by molar-refractivity contribution is 5.78. The SMILES string of the molecule is O=C(CNC1CCCC(C(F)(F)F)C1)N1CCCCC1. The van der Waals surface area contributed by atoms with Crippen LogP contribution in [0.2, 0.25) is 0 Å². The van der Waals surface area contributed by atoms with Crippen molar-refractivity contribution in [3.8, 4) is 0 Å². The van der Waals surface area contributed by atoms with Gasteiger partial charge in [-0.05, 0) is 38.5 Å². The van der Waals surface area contributed by atoms with E-state index in [4.69, 9.17) is 0 Å². The third kappa shape index (κ3) is 4.36. The molecular formula is C14H23F3N2O. The first-order valence-electron chi connectivity index (χ1n) is 7.54. The Hall–Kier alpha value is -0.780. The number of piperidine rings is 1. The van der Waals surface area contributed by atoms with Crippen LogP contribution in [0.15, 0.2) is 0 Å². The van der Waals surface area contributed by atoms with E-state index in [0.29, 0.717) is 6.42 Å². The predicted molar refractivity (Wildman–Crippen MR) is 70.2 cm³/mol. The fourth-order valence-electron chi connectivity index (χ4n) is 3.16. The van der Waals surface area contributed by atoms with Crippen molar-refractivity contribution >= 4 is 5.91 Å². The van der Waals surface area contributed by atoms with Gasteiger partial charge in [0.05, 0.1) is 12.5 Å². The minimum Gasteiger partial charge on any atom is -0.342 e. The van der Waals surface area contributed by atoms with E-state index in [1.807, 2.05) is 4.90 Å². The zero-order valence-electron chi connectivity index (χ0n) is 11.7. The van der Waals surface area contributed by atoms with Crippen molar-refractivity contribution in [3.63, 3.8) is 0 Å². The van der Waals surface area contributed by atoms with Crippen molar-refractivity contribution in [3.05, 3.63) is 0 Å². The lowest BCUT2D eigenvalue weighted by molar-refractivity contribution is -0.183. The average molecular weight is 292 g/mol. The number of rotatable bonds is 3. The molecule has 1 aliphatic heterocycles. The van der Waals surface area contributed by atoms with Crippen LogP contribution in [0.1, 0.15) is 44.9 Å². The van der Waals surface area contributed by atoms with Gasteiger partial charge in [-0.2, -0.15) is 13.2 Å². The quantitative estimate of drug-likeness (QED) is 0.867. The van der Waals surface area contributed by atoms with Gasteiger partial charge in [0.2, 0.25) is 5.91 Å². The summed E-state index contributed by atoms with van der Waals surface area (Å²) in [6.45, 7) is 1.75. The highest BCUT2D eigenvalue weighted by atomic mass is 19.4. The third-order valence-electron chi connectivity index (χ3n) is 4.39. The Morgan fingerprint density at radius 3 is 2.45 bits per heavy atom. The van der Waals surface area contributed by atoms with Crippen molar-refractivity contribution in [1.82, 2.24) is 10.2 Å². The van der Waals surface area contributed by atoms with Gasteiger partial charge in [0.25, 0.3) is 0 Å². The molecule has 0 bridgehead atoms. The Labute approximate surface area is 117 Å². The van der Waals surface area contributed by atoms with Gasteiger partial charge in [-0.1, -0.05) is 6.42 Å². The lowest BCUT2D eigenvalue weighted by Crippen LogP contribution is -2.45. The van der Waals surface area contributed by atoms with Crippen molar-refractivity contribution in [2.75, 3.05) is 19.6 Å². The molecule has 0 radical (unpaired) electrons. The molecule has 1 N–H and O–H groups in total. The number of carbonyl (C=O) groups is 1. The van der Waals surface area contributed by atoms with Crippen LogP contribution in [-0.4, -0.2) is 42.7 Å². The Kier molecular flexibility index (Phi) is 5.29. The maximum Gasteiger partial charge on any atom is 0.391 e. The fourth-order valence-corrected chi connectivity index (χ4v) is 3.16. The van der Waals surface area contributed by atoms with E-state index in [0.717, 1.165) is 38.8 Å². The molecule has 20 heavy (non-hydrogen) atoms. The van der Waals surface area contributed by atoms with Gasteiger partial charge in [-0.15, -0.1) is 0 Å². The first-order chi connectivity index (χ1) is 9.47. The maximum absolute atomic E-state index is 12.7. The number of likely N-dealkylation sites (tertiary alicyclic amines) is 1. The van der Waals surface area contributed by atoms with Crippen LogP contribution in [-0.2, 0) is 4.79 Å². The summed E-state index contributed by atoms with van der Waals surface area (Å²) in [6, 6.07) is -0.177. The zero-order valence-corrected chi connectivity index (χ0v) is 11.7. The first kappa shape index (κ1) is 15.6. The molecule has 116 valence electrons. The molecule has 1 amide bonds. The largest absolute Gasteiger partial charge is 0.391 e. The lowest BCUT2D eigenvalue weighted by Gasteiger charge is -2.32. The van der Waals surface area contributed by atoms with Crippen LogP contribution >= 0.6 is 0 Å². The average Bonchev–Trinajstić information content (AvgIpc) is 2.45. The molecule has 0 aromatic heterocycles. The van der Waals surface area contributed by atoms with Crippen LogP contribution < -0.4 is 5.32 Å². The summed E-state index contributed by atoms with van der Waals surface area (Å²) in [5.74, 6) is -1.18.